The van der Waals surface area contributed by atoms with Gasteiger partial charge in [-0.2, -0.15) is 0 Å². The Kier molecular flexibility index (Phi) is 5.78. The van der Waals surface area contributed by atoms with Crippen molar-refractivity contribution in [2.45, 2.75) is 12.1 Å². The number of para-hydroxylation sites is 1. The van der Waals surface area contributed by atoms with Crippen molar-refractivity contribution < 1.29 is 14.7 Å². The van der Waals surface area contributed by atoms with Crippen LogP contribution in [-0.4, -0.2) is 32.4 Å². The first-order valence-electron chi connectivity index (χ1n) is 7.85. The molecule has 1 heterocycles. The molecule has 7 nitrogen and oxygen atoms in total. The molecule has 0 aliphatic carbocycles. The summed E-state index contributed by atoms with van der Waals surface area (Å²) < 4.78 is 1.62. The van der Waals surface area contributed by atoms with Crippen LogP contribution in [0.4, 0.5) is 5.69 Å². The molecule has 1 amide bonds. The lowest BCUT2D eigenvalue weighted by molar-refractivity contribution is -0.255. The van der Waals surface area contributed by atoms with Gasteiger partial charge in [-0.25, -0.2) is 9.67 Å². The van der Waals surface area contributed by atoms with Crippen molar-refractivity contribution in [2.24, 2.45) is 0 Å². The highest BCUT2D eigenvalue weighted by molar-refractivity contribution is 7.99. The monoisotopic (exact) mass is 401 g/mol. The van der Waals surface area contributed by atoms with Gasteiger partial charge in [0.15, 0.2) is 0 Å². The van der Waals surface area contributed by atoms with Crippen molar-refractivity contribution in [3.05, 3.63) is 64.9 Å². The van der Waals surface area contributed by atoms with Crippen LogP contribution in [0.2, 0.25) is 5.02 Å². The van der Waals surface area contributed by atoms with E-state index in [1.165, 1.54) is 17.8 Å². The van der Waals surface area contributed by atoms with Crippen molar-refractivity contribution in [2.75, 3.05) is 11.1 Å². The topological polar surface area (TPSA) is 99.9 Å². The third-order valence-corrected chi connectivity index (χ3v) is 4.94. The SMILES string of the molecule is Cc1cc(NC(=O)CSc2ncn(-c3ccccc3)n2)cc(C(=O)[O-])c1Cl. The van der Waals surface area contributed by atoms with Gasteiger partial charge in [0.1, 0.15) is 6.33 Å². The molecule has 0 spiro atoms. The van der Waals surface area contributed by atoms with Gasteiger partial charge in [-0.1, -0.05) is 41.6 Å². The zero-order chi connectivity index (χ0) is 19.4. The van der Waals surface area contributed by atoms with E-state index < -0.39 is 5.97 Å². The number of nitrogens with zero attached hydrogens (tertiary/aromatic N) is 3. The molecule has 2 aromatic carbocycles. The van der Waals surface area contributed by atoms with Gasteiger partial charge in [0.05, 0.1) is 22.4 Å². The lowest BCUT2D eigenvalue weighted by Crippen LogP contribution is -2.23. The molecule has 0 aliphatic heterocycles. The first kappa shape index (κ1) is 18.9. The van der Waals surface area contributed by atoms with Gasteiger partial charge in [0.2, 0.25) is 11.1 Å². The number of aromatic carboxylic acids is 1. The first-order chi connectivity index (χ1) is 12.9. The molecule has 3 aromatic rings. The Morgan fingerprint density at radius 2 is 2.00 bits per heavy atom. The third kappa shape index (κ3) is 4.66. The van der Waals surface area contributed by atoms with E-state index in [1.807, 2.05) is 30.3 Å². The standard InChI is InChI=1S/C18H15ClN4O3S/c1-11-7-12(8-14(16(11)19)17(25)26)21-15(24)9-27-18-20-10-23(22-18)13-5-3-2-4-6-13/h2-8,10H,9H2,1H3,(H,21,24)(H,25,26)/p-1. The fraction of sp³-hybridized carbons (Fsp3) is 0.111. The molecule has 3 rings (SSSR count). The Morgan fingerprint density at radius 1 is 1.26 bits per heavy atom. The zero-order valence-corrected chi connectivity index (χ0v) is 15.8. The number of hydrogen-bond acceptors (Lipinski definition) is 6. The zero-order valence-electron chi connectivity index (χ0n) is 14.2. The van der Waals surface area contributed by atoms with E-state index >= 15 is 0 Å². The molecule has 0 fully saturated rings. The van der Waals surface area contributed by atoms with E-state index in [0.717, 1.165) is 5.69 Å². The number of aryl methyl sites for hydroxylation is 1. The normalized spacial score (nSPS) is 10.6. The number of aromatic nitrogens is 3. The van der Waals surface area contributed by atoms with E-state index in [1.54, 1.807) is 24.0 Å². The molecule has 9 heteroatoms. The number of hydrogen-bond donors (Lipinski definition) is 1. The maximum Gasteiger partial charge on any atom is 0.234 e. The number of carboxylic acid groups (broad SMARTS) is 1. The largest absolute Gasteiger partial charge is 0.545 e. The molecule has 0 radical (unpaired) electrons. The fourth-order valence-electron chi connectivity index (χ4n) is 2.34. The van der Waals surface area contributed by atoms with Gasteiger partial charge < -0.3 is 15.2 Å². The van der Waals surface area contributed by atoms with Gasteiger partial charge in [-0.15, -0.1) is 5.10 Å². The van der Waals surface area contributed by atoms with Crippen molar-refractivity contribution in [3.8, 4) is 5.69 Å². The number of anilines is 1. The summed E-state index contributed by atoms with van der Waals surface area (Å²) in [7, 11) is 0. The number of benzene rings is 2. The van der Waals surface area contributed by atoms with E-state index in [-0.39, 0.29) is 22.2 Å². The van der Waals surface area contributed by atoms with Crippen molar-refractivity contribution >= 4 is 40.9 Å². The van der Waals surface area contributed by atoms with Gasteiger partial charge >= 0.3 is 0 Å². The molecule has 1 N–H and O–H groups in total. The van der Waals surface area contributed by atoms with Gasteiger partial charge in [0, 0.05) is 11.3 Å². The maximum atomic E-state index is 12.1. The molecule has 138 valence electrons. The number of carbonyl (C=O) groups is 2. The second-order valence-electron chi connectivity index (χ2n) is 5.59. The molecule has 0 saturated heterocycles. The Labute approximate surface area is 164 Å². The van der Waals surface area contributed by atoms with Crippen LogP contribution in [0.15, 0.2) is 53.9 Å². The van der Waals surface area contributed by atoms with Gasteiger partial charge in [-0.05, 0) is 36.8 Å². The highest BCUT2D eigenvalue weighted by Gasteiger charge is 2.11. The second kappa shape index (κ2) is 8.24. The van der Waals surface area contributed by atoms with Crippen LogP contribution < -0.4 is 10.4 Å². The molecule has 27 heavy (non-hydrogen) atoms. The smallest absolute Gasteiger partial charge is 0.234 e. The van der Waals surface area contributed by atoms with Gasteiger partial charge in [-0.3, -0.25) is 4.79 Å². The summed E-state index contributed by atoms with van der Waals surface area (Å²) in [6, 6.07) is 12.4. The summed E-state index contributed by atoms with van der Waals surface area (Å²) in [6.45, 7) is 1.65. The Hall–Kier alpha value is -2.84. The summed E-state index contributed by atoms with van der Waals surface area (Å²) in [5.41, 5.74) is 1.57. The van der Waals surface area contributed by atoms with Crippen molar-refractivity contribution in [3.63, 3.8) is 0 Å². The van der Waals surface area contributed by atoms with Gasteiger partial charge in [0.25, 0.3) is 0 Å². The molecule has 0 unspecified atom stereocenters. The number of carbonyl (C=O) groups excluding carboxylic acids is 2. The predicted octanol–water partition coefficient (Wildman–Crippen LogP) is 2.32. The first-order valence-corrected chi connectivity index (χ1v) is 9.21. The maximum absolute atomic E-state index is 12.1. The Morgan fingerprint density at radius 3 is 2.70 bits per heavy atom. The molecule has 1 aromatic heterocycles. The molecular weight excluding hydrogens is 388 g/mol. The molecule has 0 saturated carbocycles. The summed E-state index contributed by atoms with van der Waals surface area (Å²) in [4.78, 5) is 27.4. The van der Waals surface area contributed by atoms with E-state index in [2.05, 4.69) is 15.4 Å². The summed E-state index contributed by atoms with van der Waals surface area (Å²) >= 11 is 7.11. The van der Waals surface area contributed by atoms with Crippen LogP contribution >= 0.6 is 23.4 Å². The summed E-state index contributed by atoms with van der Waals surface area (Å²) in [6.07, 6.45) is 1.57. The number of halogens is 1. The predicted molar refractivity (Wildman–Crippen MR) is 101 cm³/mol. The molecular formula is C18H14ClN4O3S-. The highest BCUT2D eigenvalue weighted by atomic mass is 35.5. The molecule has 0 atom stereocenters. The van der Waals surface area contributed by atoms with Crippen LogP contribution in [-0.2, 0) is 4.79 Å². The third-order valence-electron chi connectivity index (χ3n) is 3.58. The average Bonchev–Trinajstić information content (AvgIpc) is 3.12. The average molecular weight is 402 g/mol. The van der Waals surface area contributed by atoms with E-state index in [9.17, 15) is 14.7 Å². The van der Waals surface area contributed by atoms with Crippen LogP contribution in [0, 0.1) is 6.92 Å². The lowest BCUT2D eigenvalue weighted by Gasteiger charge is -2.12. The van der Waals surface area contributed by atoms with Crippen LogP contribution in [0.25, 0.3) is 5.69 Å². The second-order valence-corrected chi connectivity index (χ2v) is 6.91. The van der Waals surface area contributed by atoms with Crippen molar-refractivity contribution in [1.82, 2.24) is 14.8 Å². The minimum atomic E-state index is -1.40. The molecule has 0 aliphatic rings. The van der Waals surface area contributed by atoms with Crippen LogP contribution in [0.3, 0.4) is 0 Å². The number of thioether (sulfide) groups is 1. The summed E-state index contributed by atoms with van der Waals surface area (Å²) in [5.74, 6) is -1.65. The van der Waals surface area contributed by atoms with Crippen molar-refractivity contribution in [1.29, 1.82) is 0 Å². The minimum Gasteiger partial charge on any atom is -0.545 e. The lowest BCUT2D eigenvalue weighted by atomic mass is 10.1. The number of rotatable bonds is 6. The van der Waals surface area contributed by atoms with E-state index in [4.69, 9.17) is 11.6 Å². The number of amides is 1. The van der Waals surface area contributed by atoms with Crippen LogP contribution in [0.5, 0.6) is 0 Å². The highest BCUT2D eigenvalue weighted by Crippen LogP contribution is 2.25. The Bertz CT molecular complexity index is 992. The Balaban J connectivity index is 1.62. The molecule has 0 bridgehead atoms. The van der Waals surface area contributed by atoms with E-state index in [0.29, 0.717) is 16.4 Å². The number of carboxylic acids is 1. The minimum absolute atomic E-state index is 0.0706. The quantitative estimate of drug-likeness (QED) is 0.636. The number of nitrogens with one attached hydrogen (secondary N) is 1. The summed E-state index contributed by atoms with van der Waals surface area (Å²) in [5, 5.41) is 18.6. The fourth-order valence-corrected chi connectivity index (χ4v) is 3.12. The van der Waals surface area contributed by atoms with Crippen LogP contribution in [0.1, 0.15) is 15.9 Å².